The van der Waals surface area contributed by atoms with Gasteiger partial charge in [0.15, 0.2) is 0 Å². The molecular weight excluding hydrogens is 206 g/mol. The van der Waals surface area contributed by atoms with Gasteiger partial charge in [-0.1, -0.05) is 65.7 Å². The third kappa shape index (κ3) is 5.90. The van der Waals surface area contributed by atoms with Gasteiger partial charge in [0.2, 0.25) is 0 Å². The smallest absolute Gasteiger partial charge is 0.0121 e. The van der Waals surface area contributed by atoms with Crippen molar-refractivity contribution >= 4 is 0 Å². The summed E-state index contributed by atoms with van der Waals surface area (Å²) in [5.41, 5.74) is 0.651. The van der Waals surface area contributed by atoms with Crippen molar-refractivity contribution in [1.29, 1.82) is 0 Å². The van der Waals surface area contributed by atoms with Crippen molar-refractivity contribution in [3.05, 3.63) is 0 Å². The molecule has 1 N–H and O–H groups in total. The van der Waals surface area contributed by atoms with E-state index >= 15 is 0 Å². The monoisotopic (exact) mass is 239 g/mol. The summed E-state index contributed by atoms with van der Waals surface area (Å²) in [5, 5.41) is 3.70. The molecule has 102 valence electrons. The van der Waals surface area contributed by atoms with Crippen LogP contribution in [0, 0.1) is 5.41 Å². The van der Waals surface area contributed by atoms with Crippen molar-refractivity contribution in [3.63, 3.8) is 0 Å². The molecule has 1 saturated carbocycles. The van der Waals surface area contributed by atoms with E-state index in [2.05, 4.69) is 26.1 Å². The summed E-state index contributed by atoms with van der Waals surface area (Å²) in [6, 6.07) is 0.795. The fourth-order valence-corrected chi connectivity index (χ4v) is 2.79. The van der Waals surface area contributed by atoms with Gasteiger partial charge in [-0.2, -0.15) is 0 Å². The molecule has 1 aliphatic rings. The maximum absolute atomic E-state index is 3.70. The zero-order valence-corrected chi connectivity index (χ0v) is 12.4. The van der Waals surface area contributed by atoms with E-state index in [0.717, 1.165) is 12.6 Å². The Morgan fingerprint density at radius 2 is 1.53 bits per heavy atom. The highest BCUT2D eigenvalue weighted by Gasteiger charge is 2.43. The zero-order chi connectivity index (χ0) is 12.6. The quantitative estimate of drug-likeness (QED) is 0.505. The number of hydrogen-bond donors (Lipinski definition) is 1. The van der Waals surface area contributed by atoms with E-state index in [1.165, 1.54) is 64.2 Å². The summed E-state index contributed by atoms with van der Waals surface area (Å²) in [4.78, 5) is 0. The van der Waals surface area contributed by atoms with E-state index in [4.69, 9.17) is 0 Å². The van der Waals surface area contributed by atoms with Crippen molar-refractivity contribution in [2.45, 2.75) is 91.0 Å². The minimum Gasteiger partial charge on any atom is -0.314 e. The van der Waals surface area contributed by atoms with E-state index in [-0.39, 0.29) is 0 Å². The normalized spacial score (nSPS) is 19.2. The van der Waals surface area contributed by atoms with Crippen LogP contribution in [-0.4, -0.2) is 12.6 Å². The second-order valence-corrected chi connectivity index (χ2v) is 6.17. The first kappa shape index (κ1) is 15.0. The molecule has 1 heteroatoms. The van der Waals surface area contributed by atoms with Gasteiger partial charge >= 0.3 is 0 Å². The van der Waals surface area contributed by atoms with Crippen LogP contribution < -0.4 is 5.32 Å². The van der Waals surface area contributed by atoms with Crippen LogP contribution >= 0.6 is 0 Å². The van der Waals surface area contributed by atoms with Crippen LogP contribution in [0.2, 0.25) is 0 Å². The average Bonchev–Trinajstić information content (AvgIpc) is 3.06. The lowest BCUT2D eigenvalue weighted by Gasteiger charge is -2.24. The number of hydrogen-bond acceptors (Lipinski definition) is 1. The van der Waals surface area contributed by atoms with Gasteiger partial charge in [0, 0.05) is 6.04 Å². The molecule has 1 unspecified atom stereocenters. The van der Waals surface area contributed by atoms with Crippen LogP contribution in [0.15, 0.2) is 0 Å². The first-order valence-corrected chi connectivity index (χ1v) is 7.96. The van der Waals surface area contributed by atoms with E-state index in [1.54, 1.807) is 0 Å². The largest absolute Gasteiger partial charge is 0.314 e. The van der Waals surface area contributed by atoms with Gasteiger partial charge in [-0.15, -0.1) is 0 Å². The highest BCUT2D eigenvalue weighted by atomic mass is 14.9. The van der Waals surface area contributed by atoms with Crippen molar-refractivity contribution in [1.82, 2.24) is 5.32 Å². The topological polar surface area (TPSA) is 12.0 Å². The molecule has 0 heterocycles. The Hall–Kier alpha value is -0.0400. The van der Waals surface area contributed by atoms with Crippen LogP contribution in [0.3, 0.4) is 0 Å². The van der Waals surface area contributed by atoms with Crippen molar-refractivity contribution in [3.8, 4) is 0 Å². The number of unbranched alkanes of at least 4 members (excludes halogenated alkanes) is 6. The van der Waals surface area contributed by atoms with Crippen molar-refractivity contribution in [2.75, 3.05) is 6.54 Å². The molecule has 1 fully saturated rings. The predicted molar refractivity (Wildman–Crippen MR) is 77.4 cm³/mol. The Morgan fingerprint density at radius 3 is 2.06 bits per heavy atom. The van der Waals surface area contributed by atoms with E-state index < -0.39 is 0 Å². The third-order valence-corrected chi connectivity index (χ3v) is 4.43. The first-order valence-electron chi connectivity index (χ1n) is 7.96. The van der Waals surface area contributed by atoms with Crippen LogP contribution in [0.4, 0.5) is 0 Å². The van der Waals surface area contributed by atoms with Gasteiger partial charge in [-0.25, -0.2) is 0 Å². The summed E-state index contributed by atoms with van der Waals surface area (Å²) in [6.45, 7) is 8.12. The zero-order valence-electron chi connectivity index (χ0n) is 12.4. The lowest BCUT2D eigenvalue weighted by atomic mass is 9.93. The minimum absolute atomic E-state index is 0.651. The fourth-order valence-electron chi connectivity index (χ4n) is 2.79. The van der Waals surface area contributed by atoms with Crippen LogP contribution in [-0.2, 0) is 0 Å². The Kier molecular flexibility index (Phi) is 7.18. The van der Waals surface area contributed by atoms with Gasteiger partial charge in [-0.05, 0) is 31.2 Å². The number of nitrogens with one attached hydrogen (secondary N) is 1. The lowest BCUT2D eigenvalue weighted by molar-refractivity contribution is 0.332. The fraction of sp³-hybridized carbons (Fsp3) is 1.00. The molecule has 0 aromatic heterocycles. The van der Waals surface area contributed by atoms with E-state index in [9.17, 15) is 0 Å². The molecule has 0 aromatic rings. The highest BCUT2D eigenvalue weighted by molar-refractivity contribution is 4.98. The number of rotatable bonds is 11. The van der Waals surface area contributed by atoms with Gasteiger partial charge in [-0.3, -0.25) is 0 Å². The second-order valence-electron chi connectivity index (χ2n) is 6.17. The van der Waals surface area contributed by atoms with E-state index in [1.807, 2.05) is 0 Å². The van der Waals surface area contributed by atoms with Crippen LogP contribution in [0.1, 0.15) is 85.0 Å². The van der Waals surface area contributed by atoms with E-state index in [0.29, 0.717) is 5.41 Å². The summed E-state index contributed by atoms with van der Waals surface area (Å²) >= 11 is 0. The Morgan fingerprint density at radius 1 is 0.941 bits per heavy atom. The summed E-state index contributed by atoms with van der Waals surface area (Å²) < 4.78 is 0. The SMILES string of the molecule is CCCCCCCCCC(NCC)C1(C)CC1. The van der Waals surface area contributed by atoms with Gasteiger partial charge < -0.3 is 5.32 Å². The standard InChI is InChI=1S/C16H33N/c1-4-6-7-8-9-10-11-12-15(17-5-2)16(3)13-14-16/h15,17H,4-14H2,1-3H3. The molecule has 1 rings (SSSR count). The minimum atomic E-state index is 0.651. The summed E-state index contributed by atoms with van der Waals surface area (Å²) in [7, 11) is 0. The lowest BCUT2D eigenvalue weighted by Crippen LogP contribution is -2.36. The molecule has 17 heavy (non-hydrogen) atoms. The molecule has 0 spiro atoms. The molecule has 1 aliphatic carbocycles. The van der Waals surface area contributed by atoms with Crippen LogP contribution in [0.5, 0.6) is 0 Å². The molecule has 1 nitrogen and oxygen atoms in total. The third-order valence-electron chi connectivity index (χ3n) is 4.43. The van der Waals surface area contributed by atoms with Crippen LogP contribution in [0.25, 0.3) is 0 Å². The predicted octanol–water partition coefficient (Wildman–Crippen LogP) is 4.91. The molecule has 0 aromatic carbocycles. The Balaban J connectivity index is 1.99. The Bertz CT molecular complexity index is 184. The Labute approximate surface area is 109 Å². The van der Waals surface area contributed by atoms with Gasteiger partial charge in [0.05, 0.1) is 0 Å². The molecule has 0 bridgehead atoms. The van der Waals surface area contributed by atoms with Crippen molar-refractivity contribution in [2.24, 2.45) is 5.41 Å². The summed E-state index contributed by atoms with van der Waals surface area (Å²) in [6.07, 6.45) is 14.3. The highest BCUT2D eigenvalue weighted by Crippen LogP contribution is 2.49. The van der Waals surface area contributed by atoms with Gasteiger partial charge in [0.1, 0.15) is 0 Å². The summed E-state index contributed by atoms with van der Waals surface area (Å²) in [5.74, 6) is 0. The molecule has 1 atom stereocenters. The molecule has 0 saturated heterocycles. The second kappa shape index (κ2) is 8.13. The van der Waals surface area contributed by atoms with Gasteiger partial charge in [0.25, 0.3) is 0 Å². The molecule has 0 radical (unpaired) electrons. The molecular formula is C16H33N. The average molecular weight is 239 g/mol. The molecule has 0 aliphatic heterocycles. The first-order chi connectivity index (χ1) is 8.23. The maximum atomic E-state index is 3.70. The van der Waals surface area contributed by atoms with Crippen molar-refractivity contribution < 1.29 is 0 Å². The maximum Gasteiger partial charge on any atom is 0.0121 e. The molecule has 0 amide bonds.